The highest BCUT2D eigenvalue weighted by Crippen LogP contribution is 2.01. The number of rotatable bonds is 3. The van der Waals surface area contributed by atoms with Crippen LogP contribution in [-0.4, -0.2) is 10.5 Å². The Balaban J connectivity index is 2.79. The summed E-state index contributed by atoms with van der Waals surface area (Å²) in [6.07, 6.45) is 2.12. The van der Waals surface area contributed by atoms with Crippen LogP contribution in [0.3, 0.4) is 0 Å². The van der Waals surface area contributed by atoms with Crippen molar-refractivity contribution in [2.24, 2.45) is 5.73 Å². The lowest BCUT2D eigenvalue weighted by Gasteiger charge is -2.01. The zero-order chi connectivity index (χ0) is 8.97. The number of aromatic nitrogens is 1. The Bertz CT molecular complexity index is 321. The summed E-state index contributed by atoms with van der Waals surface area (Å²) in [5.74, 6) is -0.460. The third-order valence-corrected chi connectivity index (χ3v) is 1.55. The molecule has 0 aliphatic heterocycles. The fourth-order valence-corrected chi connectivity index (χ4v) is 1.00. The molecule has 4 nitrogen and oxygen atoms in total. The maximum Gasteiger partial charge on any atom is 0.265 e. The third kappa shape index (κ3) is 1.64. The Labute approximate surface area is 70.2 Å². The highest BCUT2D eigenvalue weighted by atomic mass is 16.1. The summed E-state index contributed by atoms with van der Waals surface area (Å²) in [5.41, 5.74) is 5.54. The highest BCUT2D eigenvalue weighted by Gasteiger charge is 2.04. The lowest BCUT2D eigenvalue weighted by atomic mass is 10.4. The fraction of sp³-hybridized carbons (Fsp3) is 0.250. The molecule has 0 aliphatic carbocycles. The predicted octanol–water partition coefficient (Wildman–Crippen LogP) is 0.501. The molecule has 2 N–H and O–H groups in total. The maximum absolute atomic E-state index is 10.8. The van der Waals surface area contributed by atoms with E-state index >= 15 is 0 Å². The number of hydrogen-bond donors (Lipinski definition) is 1. The van der Waals surface area contributed by atoms with Gasteiger partial charge in [0.1, 0.15) is 5.69 Å². The summed E-state index contributed by atoms with van der Waals surface area (Å²) in [5, 5.41) is 8.32. The van der Waals surface area contributed by atoms with Crippen LogP contribution < -0.4 is 5.73 Å². The average Bonchev–Trinajstić information content (AvgIpc) is 2.48. The third-order valence-electron chi connectivity index (χ3n) is 1.55. The van der Waals surface area contributed by atoms with Crippen molar-refractivity contribution in [3.8, 4) is 6.07 Å². The van der Waals surface area contributed by atoms with Crippen molar-refractivity contribution in [1.82, 2.24) is 4.57 Å². The largest absolute Gasteiger partial charge is 0.364 e. The minimum atomic E-state index is -0.460. The van der Waals surface area contributed by atoms with E-state index in [1.807, 2.05) is 6.07 Å². The molecule has 1 aromatic rings. The molecule has 4 heteroatoms. The Morgan fingerprint density at radius 3 is 3.08 bits per heavy atom. The van der Waals surface area contributed by atoms with Crippen molar-refractivity contribution in [2.75, 3.05) is 0 Å². The number of hydrogen-bond acceptors (Lipinski definition) is 2. The highest BCUT2D eigenvalue weighted by molar-refractivity contribution is 5.91. The zero-order valence-electron chi connectivity index (χ0n) is 6.53. The summed E-state index contributed by atoms with van der Waals surface area (Å²) >= 11 is 0. The number of amides is 1. The monoisotopic (exact) mass is 163 g/mol. The molecule has 0 spiro atoms. The first-order valence-corrected chi connectivity index (χ1v) is 3.57. The van der Waals surface area contributed by atoms with Crippen LogP contribution >= 0.6 is 0 Å². The molecule has 0 radical (unpaired) electrons. The van der Waals surface area contributed by atoms with Crippen LogP contribution in [0.1, 0.15) is 16.9 Å². The number of nitriles is 1. The first kappa shape index (κ1) is 8.34. The van der Waals surface area contributed by atoms with E-state index in [0.29, 0.717) is 18.7 Å². The first-order chi connectivity index (χ1) is 5.75. The van der Waals surface area contributed by atoms with E-state index in [1.54, 1.807) is 22.9 Å². The Morgan fingerprint density at radius 1 is 1.75 bits per heavy atom. The number of carbonyl (C=O) groups is 1. The van der Waals surface area contributed by atoms with Gasteiger partial charge in [-0.05, 0) is 12.1 Å². The maximum atomic E-state index is 10.8. The average molecular weight is 163 g/mol. The zero-order valence-corrected chi connectivity index (χ0v) is 6.53. The second-order valence-electron chi connectivity index (χ2n) is 2.36. The van der Waals surface area contributed by atoms with E-state index in [0.717, 1.165) is 0 Å². The quantitative estimate of drug-likeness (QED) is 0.704. The van der Waals surface area contributed by atoms with Gasteiger partial charge in [0.25, 0.3) is 5.91 Å². The van der Waals surface area contributed by atoms with Crippen molar-refractivity contribution in [2.45, 2.75) is 13.0 Å². The van der Waals surface area contributed by atoms with Crippen molar-refractivity contribution < 1.29 is 4.79 Å². The lowest BCUT2D eigenvalue weighted by Crippen LogP contribution is -2.16. The minimum absolute atomic E-state index is 0.384. The van der Waals surface area contributed by atoms with Crippen LogP contribution in [0.15, 0.2) is 18.3 Å². The molecule has 0 atom stereocenters. The molecule has 1 heterocycles. The molecule has 1 amide bonds. The summed E-state index contributed by atoms with van der Waals surface area (Å²) in [4.78, 5) is 10.8. The normalized spacial score (nSPS) is 9.25. The van der Waals surface area contributed by atoms with Gasteiger partial charge in [-0.3, -0.25) is 4.79 Å². The van der Waals surface area contributed by atoms with Gasteiger partial charge < -0.3 is 10.3 Å². The van der Waals surface area contributed by atoms with E-state index in [1.165, 1.54) is 0 Å². The molecule has 12 heavy (non-hydrogen) atoms. The molecule has 1 rings (SSSR count). The van der Waals surface area contributed by atoms with E-state index in [-0.39, 0.29) is 0 Å². The van der Waals surface area contributed by atoms with Gasteiger partial charge >= 0.3 is 0 Å². The number of carbonyl (C=O) groups excluding carboxylic acids is 1. The molecule has 0 saturated carbocycles. The van der Waals surface area contributed by atoms with E-state index in [9.17, 15) is 4.79 Å². The first-order valence-electron chi connectivity index (χ1n) is 3.57. The molecular formula is C8H9N3O. The van der Waals surface area contributed by atoms with Crippen molar-refractivity contribution >= 4 is 5.91 Å². The Kier molecular flexibility index (Phi) is 2.49. The van der Waals surface area contributed by atoms with Crippen LogP contribution in [0.4, 0.5) is 0 Å². The van der Waals surface area contributed by atoms with Crippen LogP contribution in [0, 0.1) is 11.3 Å². The van der Waals surface area contributed by atoms with Crippen LogP contribution in [-0.2, 0) is 6.54 Å². The second-order valence-corrected chi connectivity index (χ2v) is 2.36. The van der Waals surface area contributed by atoms with E-state index < -0.39 is 5.91 Å². The fourth-order valence-electron chi connectivity index (χ4n) is 1.00. The predicted molar refractivity (Wildman–Crippen MR) is 43.2 cm³/mol. The number of aryl methyl sites for hydroxylation is 1. The van der Waals surface area contributed by atoms with Crippen molar-refractivity contribution in [3.63, 3.8) is 0 Å². The molecule has 62 valence electrons. The van der Waals surface area contributed by atoms with Gasteiger partial charge in [0.2, 0.25) is 0 Å². The van der Waals surface area contributed by atoms with Crippen molar-refractivity contribution in [1.29, 1.82) is 5.26 Å². The number of nitrogens with two attached hydrogens (primary N) is 1. The SMILES string of the molecule is N#CCCn1cccc1C(N)=O. The summed E-state index contributed by atoms with van der Waals surface area (Å²) in [6.45, 7) is 0.516. The summed E-state index contributed by atoms with van der Waals surface area (Å²) < 4.78 is 1.67. The van der Waals surface area contributed by atoms with Gasteiger partial charge in [-0.15, -0.1) is 0 Å². The smallest absolute Gasteiger partial charge is 0.265 e. The van der Waals surface area contributed by atoms with Gasteiger partial charge in [-0.2, -0.15) is 5.26 Å². The number of primary amides is 1. The molecule has 0 fully saturated rings. The molecule has 1 aromatic heterocycles. The van der Waals surface area contributed by atoms with E-state index in [4.69, 9.17) is 11.0 Å². The van der Waals surface area contributed by atoms with Gasteiger partial charge in [-0.25, -0.2) is 0 Å². The molecule has 0 aliphatic rings. The molecule has 0 unspecified atom stereocenters. The summed E-state index contributed by atoms with van der Waals surface area (Å²) in [7, 11) is 0. The molecule has 0 aromatic carbocycles. The van der Waals surface area contributed by atoms with Gasteiger partial charge in [0.15, 0.2) is 0 Å². The van der Waals surface area contributed by atoms with Crippen LogP contribution in [0.2, 0.25) is 0 Å². The molecule has 0 bridgehead atoms. The van der Waals surface area contributed by atoms with Gasteiger partial charge in [0, 0.05) is 12.7 Å². The second kappa shape index (κ2) is 3.58. The topological polar surface area (TPSA) is 71.8 Å². The van der Waals surface area contributed by atoms with Crippen LogP contribution in [0.25, 0.3) is 0 Å². The van der Waals surface area contributed by atoms with Crippen molar-refractivity contribution in [3.05, 3.63) is 24.0 Å². The Morgan fingerprint density at radius 2 is 2.50 bits per heavy atom. The van der Waals surface area contributed by atoms with Gasteiger partial charge in [-0.1, -0.05) is 0 Å². The van der Waals surface area contributed by atoms with Gasteiger partial charge in [0.05, 0.1) is 12.5 Å². The van der Waals surface area contributed by atoms with Crippen LogP contribution in [0.5, 0.6) is 0 Å². The standard InChI is InChI=1S/C8H9N3O/c9-4-2-6-11-5-1-3-7(11)8(10)12/h1,3,5H,2,6H2,(H2,10,12). The summed E-state index contributed by atoms with van der Waals surface area (Å²) in [6, 6.07) is 5.37. The van der Waals surface area contributed by atoms with E-state index in [2.05, 4.69) is 0 Å². The molecule has 0 saturated heterocycles. The Hall–Kier alpha value is -1.76. The molecular weight excluding hydrogens is 154 g/mol. The number of nitrogens with zero attached hydrogens (tertiary/aromatic N) is 2. The minimum Gasteiger partial charge on any atom is -0.364 e. The lowest BCUT2D eigenvalue weighted by molar-refractivity contribution is 0.0991.